The second kappa shape index (κ2) is 5.90. The molecule has 2 nitrogen and oxygen atoms in total. The Morgan fingerprint density at radius 2 is 2.06 bits per heavy atom. The van der Waals surface area contributed by atoms with Crippen LogP contribution in [0.4, 0.5) is 0 Å². The normalized spacial score (nSPS) is 12.6. The third kappa shape index (κ3) is 3.86. The standard InChI is InChI=1S/C13H17ClO2/c1-9(2)6-10(3)16-13-7-12(14)5-4-11(13)8-15/h4-5,7-10H,6H2,1-3H3. The van der Waals surface area contributed by atoms with Crippen molar-refractivity contribution in [1.82, 2.24) is 0 Å². The summed E-state index contributed by atoms with van der Waals surface area (Å²) in [7, 11) is 0. The summed E-state index contributed by atoms with van der Waals surface area (Å²) in [5.41, 5.74) is 0.542. The minimum Gasteiger partial charge on any atom is -0.490 e. The van der Waals surface area contributed by atoms with Crippen molar-refractivity contribution in [2.45, 2.75) is 33.3 Å². The number of ether oxygens (including phenoxy) is 1. The molecule has 88 valence electrons. The SMILES string of the molecule is CC(C)CC(C)Oc1cc(Cl)ccc1C=O. The van der Waals surface area contributed by atoms with Gasteiger partial charge in [-0.05, 0) is 37.5 Å². The van der Waals surface area contributed by atoms with Crippen LogP contribution in [0.3, 0.4) is 0 Å². The smallest absolute Gasteiger partial charge is 0.153 e. The van der Waals surface area contributed by atoms with E-state index in [1.165, 1.54) is 0 Å². The highest BCUT2D eigenvalue weighted by atomic mass is 35.5. The number of rotatable bonds is 5. The third-order valence-electron chi connectivity index (χ3n) is 2.23. The summed E-state index contributed by atoms with van der Waals surface area (Å²) in [6, 6.07) is 5.04. The second-order valence-corrected chi connectivity index (χ2v) is 4.79. The van der Waals surface area contributed by atoms with E-state index in [0.717, 1.165) is 12.7 Å². The minimum absolute atomic E-state index is 0.0807. The highest BCUT2D eigenvalue weighted by Crippen LogP contribution is 2.24. The summed E-state index contributed by atoms with van der Waals surface area (Å²) in [6.45, 7) is 6.27. The monoisotopic (exact) mass is 240 g/mol. The average molecular weight is 241 g/mol. The van der Waals surface area contributed by atoms with Gasteiger partial charge in [-0.25, -0.2) is 0 Å². The zero-order valence-electron chi connectivity index (χ0n) is 9.87. The van der Waals surface area contributed by atoms with Crippen molar-refractivity contribution in [3.05, 3.63) is 28.8 Å². The van der Waals surface area contributed by atoms with E-state index in [0.29, 0.717) is 22.3 Å². The molecule has 0 heterocycles. The number of hydrogen-bond donors (Lipinski definition) is 0. The van der Waals surface area contributed by atoms with Gasteiger partial charge in [-0.2, -0.15) is 0 Å². The first-order valence-electron chi connectivity index (χ1n) is 5.44. The van der Waals surface area contributed by atoms with Gasteiger partial charge >= 0.3 is 0 Å². The maximum absolute atomic E-state index is 10.8. The number of halogens is 1. The quantitative estimate of drug-likeness (QED) is 0.728. The Hall–Kier alpha value is -1.02. The molecule has 0 aliphatic heterocycles. The maximum Gasteiger partial charge on any atom is 0.153 e. The van der Waals surface area contributed by atoms with Crippen LogP contribution in [0, 0.1) is 5.92 Å². The van der Waals surface area contributed by atoms with Crippen LogP contribution in [0.2, 0.25) is 5.02 Å². The molecule has 16 heavy (non-hydrogen) atoms. The third-order valence-corrected chi connectivity index (χ3v) is 2.47. The van der Waals surface area contributed by atoms with Gasteiger partial charge in [0.2, 0.25) is 0 Å². The lowest BCUT2D eigenvalue weighted by molar-refractivity contribution is 0.111. The molecule has 0 spiro atoms. The van der Waals surface area contributed by atoms with E-state index >= 15 is 0 Å². The molecule has 0 bridgehead atoms. The molecule has 0 N–H and O–H groups in total. The molecule has 1 aromatic rings. The van der Waals surface area contributed by atoms with Gasteiger partial charge in [-0.15, -0.1) is 0 Å². The highest BCUT2D eigenvalue weighted by molar-refractivity contribution is 6.30. The molecule has 0 aromatic heterocycles. The van der Waals surface area contributed by atoms with E-state index < -0.39 is 0 Å². The van der Waals surface area contributed by atoms with Gasteiger partial charge in [-0.1, -0.05) is 25.4 Å². The van der Waals surface area contributed by atoms with Crippen LogP contribution in [0.5, 0.6) is 5.75 Å². The molecular weight excluding hydrogens is 224 g/mol. The van der Waals surface area contributed by atoms with E-state index in [2.05, 4.69) is 13.8 Å². The fourth-order valence-corrected chi connectivity index (χ4v) is 1.80. The van der Waals surface area contributed by atoms with Crippen molar-refractivity contribution in [1.29, 1.82) is 0 Å². The van der Waals surface area contributed by atoms with Crippen molar-refractivity contribution in [3.63, 3.8) is 0 Å². The van der Waals surface area contributed by atoms with Gasteiger partial charge in [0.05, 0.1) is 11.7 Å². The molecule has 0 aliphatic carbocycles. The van der Waals surface area contributed by atoms with E-state index in [1.807, 2.05) is 6.92 Å². The lowest BCUT2D eigenvalue weighted by atomic mass is 10.1. The highest BCUT2D eigenvalue weighted by Gasteiger charge is 2.10. The first kappa shape index (κ1) is 13.0. The Balaban J connectivity index is 2.78. The Morgan fingerprint density at radius 3 is 2.62 bits per heavy atom. The molecular formula is C13H17ClO2. The number of carbonyl (C=O) groups excluding carboxylic acids is 1. The van der Waals surface area contributed by atoms with Gasteiger partial charge in [-0.3, -0.25) is 4.79 Å². The Morgan fingerprint density at radius 1 is 1.38 bits per heavy atom. The average Bonchev–Trinajstić information content (AvgIpc) is 2.16. The fourth-order valence-electron chi connectivity index (χ4n) is 1.64. The van der Waals surface area contributed by atoms with Crippen LogP contribution >= 0.6 is 11.6 Å². The Kier molecular flexibility index (Phi) is 4.81. The van der Waals surface area contributed by atoms with Crippen LogP contribution in [0.15, 0.2) is 18.2 Å². The van der Waals surface area contributed by atoms with Crippen molar-refractivity contribution >= 4 is 17.9 Å². The summed E-state index contributed by atoms with van der Waals surface area (Å²) in [4.78, 5) is 10.8. The molecule has 0 saturated heterocycles. The van der Waals surface area contributed by atoms with E-state index in [9.17, 15) is 4.79 Å². The lowest BCUT2D eigenvalue weighted by Crippen LogP contribution is -2.15. The van der Waals surface area contributed by atoms with Crippen molar-refractivity contribution in [2.75, 3.05) is 0 Å². The summed E-state index contributed by atoms with van der Waals surface area (Å²) in [5.74, 6) is 1.13. The molecule has 1 unspecified atom stereocenters. The van der Waals surface area contributed by atoms with E-state index in [1.54, 1.807) is 18.2 Å². The largest absolute Gasteiger partial charge is 0.490 e. The maximum atomic E-state index is 10.8. The van der Waals surface area contributed by atoms with Crippen LogP contribution < -0.4 is 4.74 Å². The summed E-state index contributed by atoms with van der Waals surface area (Å²) in [5, 5.41) is 0.581. The molecule has 1 atom stereocenters. The van der Waals surface area contributed by atoms with Crippen LogP contribution in [0.1, 0.15) is 37.6 Å². The molecule has 3 heteroatoms. The Labute approximate surface area is 102 Å². The number of benzene rings is 1. The number of hydrogen-bond acceptors (Lipinski definition) is 2. The molecule has 0 aliphatic rings. The summed E-state index contributed by atoms with van der Waals surface area (Å²) < 4.78 is 5.71. The number of aldehydes is 1. The van der Waals surface area contributed by atoms with Crippen molar-refractivity contribution in [2.24, 2.45) is 5.92 Å². The van der Waals surface area contributed by atoms with Gasteiger partial charge in [0.25, 0.3) is 0 Å². The van der Waals surface area contributed by atoms with Crippen LogP contribution in [-0.4, -0.2) is 12.4 Å². The number of carbonyl (C=O) groups is 1. The Bertz CT molecular complexity index is 361. The molecule has 0 fully saturated rings. The summed E-state index contributed by atoms with van der Waals surface area (Å²) in [6.07, 6.45) is 1.82. The van der Waals surface area contributed by atoms with Gasteiger partial charge in [0, 0.05) is 5.02 Å². The topological polar surface area (TPSA) is 26.3 Å². The first-order chi connectivity index (χ1) is 7.52. The molecule has 1 aromatic carbocycles. The zero-order chi connectivity index (χ0) is 12.1. The van der Waals surface area contributed by atoms with Crippen molar-refractivity contribution < 1.29 is 9.53 Å². The predicted octanol–water partition coefficient (Wildman–Crippen LogP) is 3.97. The lowest BCUT2D eigenvalue weighted by Gasteiger charge is -2.17. The van der Waals surface area contributed by atoms with Gasteiger partial charge in [0.15, 0.2) is 6.29 Å². The van der Waals surface area contributed by atoms with Gasteiger partial charge in [0.1, 0.15) is 5.75 Å². The van der Waals surface area contributed by atoms with Crippen LogP contribution in [-0.2, 0) is 0 Å². The molecule has 0 saturated carbocycles. The second-order valence-electron chi connectivity index (χ2n) is 4.36. The fraction of sp³-hybridized carbons (Fsp3) is 0.462. The van der Waals surface area contributed by atoms with E-state index in [4.69, 9.17) is 16.3 Å². The predicted molar refractivity (Wildman–Crippen MR) is 66.4 cm³/mol. The molecule has 1 rings (SSSR count). The van der Waals surface area contributed by atoms with Gasteiger partial charge < -0.3 is 4.74 Å². The molecule has 0 amide bonds. The van der Waals surface area contributed by atoms with E-state index in [-0.39, 0.29) is 6.10 Å². The summed E-state index contributed by atoms with van der Waals surface area (Å²) >= 11 is 5.87. The molecule has 0 radical (unpaired) electrons. The first-order valence-corrected chi connectivity index (χ1v) is 5.82. The van der Waals surface area contributed by atoms with Crippen molar-refractivity contribution in [3.8, 4) is 5.75 Å². The zero-order valence-corrected chi connectivity index (χ0v) is 10.6. The minimum atomic E-state index is 0.0807. The van der Waals surface area contributed by atoms with Crippen LogP contribution in [0.25, 0.3) is 0 Å².